The molecule has 0 amide bonds. The molecule has 0 aromatic heterocycles. The Morgan fingerprint density at radius 1 is 1.41 bits per heavy atom. The van der Waals surface area contributed by atoms with Gasteiger partial charge in [0.15, 0.2) is 0 Å². The molecule has 0 saturated heterocycles. The van der Waals surface area contributed by atoms with Crippen LogP contribution in [0.25, 0.3) is 0 Å². The van der Waals surface area contributed by atoms with Crippen LogP contribution in [0.3, 0.4) is 0 Å². The summed E-state index contributed by atoms with van der Waals surface area (Å²) in [6.45, 7) is 1.44. The number of benzene rings is 1. The van der Waals surface area contributed by atoms with Gasteiger partial charge in [0.05, 0.1) is 23.1 Å². The predicted octanol–water partition coefficient (Wildman–Crippen LogP) is 1.12. The third-order valence-corrected chi connectivity index (χ3v) is 4.31. The summed E-state index contributed by atoms with van der Waals surface area (Å²) in [5, 5.41) is 0. The number of nitrogens with one attached hydrogen (secondary N) is 1. The lowest BCUT2D eigenvalue weighted by Gasteiger charge is -2.15. The number of carbonyl (C=O) groups excluding carboxylic acids is 1. The van der Waals surface area contributed by atoms with E-state index in [0.717, 1.165) is 19.2 Å². The van der Waals surface area contributed by atoms with E-state index in [0.29, 0.717) is 6.07 Å². The minimum absolute atomic E-state index is 0.0222. The molecule has 0 bridgehead atoms. The standard InChI is InChI=1S/C12H15F3N2O4S/c1-7(6-16)17-22(19,20)8-3-4-9(11(18)21-2)10(5-8)12(13,14)15/h3-5,7,17H,6,16H2,1-2H3/t7-/m1/s1. The molecule has 1 rings (SSSR count). The van der Waals surface area contributed by atoms with Crippen molar-refractivity contribution in [1.82, 2.24) is 4.72 Å². The van der Waals surface area contributed by atoms with Gasteiger partial charge in [0.2, 0.25) is 10.0 Å². The fourth-order valence-corrected chi connectivity index (χ4v) is 2.88. The molecule has 1 atom stereocenters. The molecule has 0 heterocycles. The van der Waals surface area contributed by atoms with E-state index in [-0.39, 0.29) is 6.54 Å². The Labute approximate surface area is 125 Å². The van der Waals surface area contributed by atoms with Crippen molar-refractivity contribution in [2.24, 2.45) is 5.73 Å². The highest BCUT2D eigenvalue weighted by Crippen LogP contribution is 2.34. The molecule has 3 N–H and O–H groups in total. The van der Waals surface area contributed by atoms with Crippen molar-refractivity contribution in [3.63, 3.8) is 0 Å². The maximum atomic E-state index is 13.0. The van der Waals surface area contributed by atoms with Crippen LogP contribution in [0.4, 0.5) is 13.2 Å². The zero-order chi connectivity index (χ0) is 17.1. The van der Waals surface area contributed by atoms with Crippen LogP contribution in [0.5, 0.6) is 0 Å². The smallest absolute Gasteiger partial charge is 0.417 e. The fraction of sp³-hybridized carbons (Fsp3) is 0.417. The molecule has 0 aliphatic rings. The zero-order valence-electron chi connectivity index (χ0n) is 11.8. The molecule has 124 valence electrons. The summed E-state index contributed by atoms with van der Waals surface area (Å²) < 4.78 is 69.3. The lowest BCUT2D eigenvalue weighted by molar-refractivity contribution is -0.138. The van der Waals surface area contributed by atoms with Gasteiger partial charge in [0.25, 0.3) is 0 Å². The van der Waals surface area contributed by atoms with Gasteiger partial charge < -0.3 is 10.5 Å². The van der Waals surface area contributed by atoms with Crippen LogP contribution in [0.1, 0.15) is 22.8 Å². The molecule has 1 aromatic carbocycles. The monoisotopic (exact) mass is 340 g/mol. The minimum atomic E-state index is -4.91. The highest BCUT2D eigenvalue weighted by atomic mass is 32.2. The summed E-state index contributed by atoms with van der Waals surface area (Å²) in [4.78, 5) is 10.7. The number of esters is 1. The Balaban J connectivity index is 3.40. The van der Waals surface area contributed by atoms with Crippen molar-refractivity contribution in [3.8, 4) is 0 Å². The number of nitrogens with two attached hydrogens (primary N) is 1. The molecule has 1 aromatic rings. The van der Waals surface area contributed by atoms with Crippen LogP contribution in [0.2, 0.25) is 0 Å². The SMILES string of the molecule is COC(=O)c1ccc(S(=O)(=O)N[C@H](C)CN)cc1C(F)(F)F. The van der Waals surface area contributed by atoms with Crippen molar-refractivity contribution < 1.29 is 31.1 Å². The van der Waals surface area contributed by atoms with Crippen LogP contribution in [0, 0.1) is 0 Å². The molecule has 0 aliphatic carbocycles. The van der Waals surface area contributed by atoms with E-state index in [1.165, 1.54) is 6.92 Å². The van der Waals surface area contributed by atoms with Crippen molar-refractivity contribution in [2.45, 2.75) is 24.0 Å². The third-order valence-electron chi connectivity index (χ3n) is 2.72. The van der Waals surface area contributed by atoms with Gasteiger partial charge in [0.1, 0.15) is 0 Å². The van der Waals surface area contributed by atoms with Crippen LogP contribution >= 0.6 is 0 Å². The summed E-state index contributed by atoms with van der Waals surface area (Å²) in [5.74, 6) is -1.21. The van der Waals surface area contributed by atoms with Gasteiger partial charge in [-0.05, 0) is 25.1 Å². The molecular weight excluding hydrogens is 325 g/mol. The second-order valence-electron chi connectivity index (χ2n) is 4.45. The summed E-state index contributed by atoms with van der Waals surface area (Å²) in [6.07, 6.45) is -4.91. The normalized spacial score (nSPS) is 13.7. The first-order valence-electron chi connectivity index (χ1n) is 6.05. The van der Waals surface area contributed by atoms with Gasteiger partial charge in [-0.15, -0.1) is 0 Å². The quantitative estimate of drug-likeness (QED) is 0.783. The maximum absolute atomic E-state index is 13.0. The summed E-state index contributed by atoms with van der Waals surface area (Å²) in [6, 6.07) is 1.39. The second-order valence-corrected chi connectivity index (χ2v) is 6.17. The third kappa shape index (κ3) is 4.18. The average molecular weight is 340 g/mol. The number of hydrogen-bond acceptors (Lipinski definition) is 5. The molecule has 0 fully saturated rings. The molecule has 10 heteroatoms. The van der Waals surface area contributed by atoms with Crippen molar-refractivity contribution in [1.29, 1.82) is 0 Å². The number of methoxy groups -OCH3 is 1. The number of carbonyl (C=O) groups is 1. The highest BCUT2D eigenvalue weighted by Gasteiger charge is 2.37. The highest BCUT2D eigenvalue weighted by molar-refractivity contribution is 7.89. The van der Waals surface area contributed by atoms with E-state index in [2.05, 4.69) is 9.46 Å². The molecule has 22 heavy (non-hydrogen) atoms. The summed E-state index contributed by atoms with van der Waals surface area (Å²) in [5.41, 5.74) is 3.12. The van der Waals surface area contributed by atoms with Gasteiger partial charge >= 0.3 is 12.1 Å². The van der Waals surface area contributed by atoms with Crippen LogP contribution in [0.15, 0.2) is 23.1 Å². The summed E-state index contributed by atoms with van der Waals surface area (Å²) >= 11 is 0. The number of sulfonamides is 1. The van der Waals surface area contributed by atoms with E-state index < -0.39 is 44.2 Å². The molecular formula is C12H15F3N2O4S. The van der Waals surface area contributed by atoms with Crippen molar-refractivity contribution in [2.75, 3.05) is 13.7 Å². The molecule has 0 unspecified atom stereocenters. The molecule has 0 aliphatic heterocycles. The Bertz CT molecular complexity index is 659. The first kappa shape index (κ1) is 18.4. The minimum Gasteiger partial charge on any atom is -0.465 e. The Kier molecular flexibility index (Phi) is 5.54. The summed E-state index contributed by atoms with van der Waals surface area (Å²) in [7, 11) is -3.26. The Hall–Kier alpha value is -1.65. The van der Waals surface area contributed by atoms with Crippen molar-refractivity contribution in [3.05, 3.63) is 29.3 Å². The largest absolute Gasteiger partial charge is 0.465 e. The van der Waals surface area contributed by atoms with Crippen LogP contribution < -0.4 is 10.5 Å². The Morgan fingerprint density at radius 3 is 2.45 bits per heavy atom. The lowest BCUT2D eigenvalue weighted by Crippen LogP contribution is -2.37. The number of rotatable bonds is 5. The lowest BCUT2D eigenvalue weighted by atomic mass is 10.1. The molecule has 0 radical (unpaired) electrons. The number of hydrogen-bond donors (Lipinski definition) is 2. The van der Waals surface area contributed by atoms with Gasteiger partial charge in [-0.25, -0.2) is 17.9 Å². The van der Waals surface area contributed by atoms with Gasteiger partial charge in [-0.3, -0.25) is 0 Å². The van der Waals surface area contributed by atoms with E-state index in [1.807, 2.05) is 0 Å². The fourth-order valence-electron chi connectivity index (χ4n) is 1.59. The topological polar surface area (TPSA) is 98.5 Å². The maximum Gasteiger partial charge on any atom is 0.417 e. The zero-order valence-corrected chi connectivity index (χ0v) is 12.6. The molecule has 0 saturated carbocycles. The molecule has 6 nitrogen and oxygen atoms in total. The second kappa shape index (κ2) is 6.63. The predicted molar refractivity (Wildman–Crippen MR) is 71.6 cm³/mol. The average Bonchev–Trinajstić information content (AvgIpc) is 2.44. The van der Waals surface area contributed by atoms with E-state index in [4.69, 9.17) is 5.73 Å². The van der Waals surface area contributed by atoms with Gasteiger partial charge in [0, 0.05) is 12.6 Å². The van der Waals surface area contributed by atoms with E-state index in [1.54, 1.807) is 0 Å². The first-order chi connectivity index (χ1) is 10.0. The number of ether oxygens (including phenoxy) is 1. The van der Waals surface area contributed by atoms with E-state index in [9.17, 15) is 26.4 Å². The first-order valence-corrected chi connectivity index (χ1v) is 7.53. The van der Waals surface area contributed by atoms with Gasteiger partial charge in [-0.2, -0.15) is 13.2 Å². The Morgan fingerprint density at radius 2 is 2.00 bits per heavy atom. The van der Waals surface area contributed by atoms with Crippen LogP contribution in [-0.2, 0) is 20.9 Å². The van der Waals surface area contributed by atoms with Gasteiger partial charge in [-0.1, -0.05) is 0 Å². The number of halogens is 3. The number of alkyl halides is 3. The van der Waals surface area contributed by atoms with Crippen LogP contribution in [-0.4, -0.2) is 34.1 Å². The van der Waals surface area contributed by atoms with E-state index >= 15 is 0 Å². The van der Waals surface area contributed by atoms with Crippen molar-refractivity contribution >= 4 is 16.0 Å². The molecule has 0 spiro atoms.